The Labute approximate surface area is 138 Å². The first kappa shape index (κ1) is 17.3. The van der Waals surface area contributed by atoms with Gasteiger partial charge in [0.2, 0.25) is 0 Å². The van der Waals surface area contributed by atoms with Crippen LogP contribution in [0.2, 0.25) is 5.02 Å². The van der Waals surface area contributed by atoms with Gasteiger partial charge in [0.15, 0.2) is 5.78 Å². The van der Waals surface area contributed by atoms with E-state index in [1.807, 2.05) is 33.8 Å². The number of halogens is 1. The Bertz CT molecular complexity index is 549. The second kappa shape index (κ2) is 7.47. The summed E-state index contributed by atoms with van der Waals surface area (Å²) in [5.74, 6) is 0.772. The normalized spacial score (nSPS) is 16.1. The van der Waals surface area contributed by atoms with E-state index in [4.69, 9.17) is 16.3 Å². The second-order valence-electron chi connectivity index (χ2n) is 6.43. The van der Waals surface area contributed by atoms with Crippen molar-refractivity contribution < 1.29 is 9.53 Å². The summed E-state index contributed by atoms with van der Waals surface area (Å²) in [7, 11) is 0. The van der Waals surface area contributed by atoms with Gasteiger partial charge in [0.25, 0.3) is 0 Å². The maximum absolute atomic E-state index is 12.8. The van der Waals surface area contributed by atoms with E-state index in [1.54, 1.807) is 0 Å². The molecule has 0 saturated carbocycles. The summed E-state index contributed by atoms with van der Waals surface area (Å²) >= 11 is 6.36. The molecule has 1 aliphatic rings. The molecule has 0 aromatic heterocycles. The van der Waals surface area contributed by atoms with Gasteiger partial charge in [-0.05, 0) is 70.8 Å². The van der Waals surface area contributed by atoms with Crippen LogP contribution in [0.1, 0.15) is 54.6 Å². The number of hydrogen-bond donors (Lipinski definition) is 0. The average Bonchev–Trinajstić information content (AvgIpc) is 2.45. The average molecular weight is 324 g/mol. The van der Waals surface area contributed by atoms with E-state index in [0.717, 1.165) is 24.2 Å². The van der Waals surface area contributed by atoms with Crippen LogP contribution >= 0.6 is 11.6 Å². The molecule has 0 amide bonds. The Morgan fingerprint density at radius 1 is 1.27 bits per heavy atom. The molecule has 0 N–H and O–H groups in total. The second-order valence-corrected chi connectivity index (χ2v) is 6.81. The topological polar surface area (TPSA) is 29.5 Å². The summed E-state index contributed by atoms with van der Waals surface area (Å²) in [6.07, 6.45) is 3.65. The van der Waals surface area contributed by atoms with Gasteiger partial charge in [-0.1, -0.05) is 18.0 Å². The summed E-state index contributed by atoms with van der Waals surface area (Å²) in [4.78, 5) is 15.1. The van der Waals surface area contributed by atoms with Gasteiger partial charge in [-0.25, -0.2) is 0 Å². The number of hydrogen-bond acceptors (Lipinski definition) is 3. The number of carbonyl (C=O) groups is 1. The minimum Gasteiger partial charge on any atom is -0.490 e. The highest BCUT2D eigenvalue weighted by Gasteiger charge is 2.23. The summed E-state index contributed by atoms with van der Waals surface area (Å²) < 4.78 is 5.87. The largest absolute Gasteiger partial charge is 0.490 e. The SMILES string of the molecule is Cc1cc(OC(C)C)c(C(=O)CN2CCCCC2)c(C)c1Cl. The van der Waals surface area contributed by atoms with E-state index in [2.05, 4.69) is 4.90 Å². The first-order chi connectivity index (χ1) is 10.4. The minimum atomic E-state index is 0.0292. The van der Waals surface area contributed by atoms with E-state index in [9.17, 15) is 4.79 Å². The minimum absolute atomic E-state index is 0.0292. The Morgan fingerprint density at radius 3 is 2.50 bits per heavy atom. The van der Waals surface area contributed by atoms with Crippen molar-refractivity contribution in [1.29, 1.82) is 0 Å². The molecule has 0 radical (unpaired) electrons. The molecule has 0 bridgehead atoms. The fourth-order valence-corrected chi connectivity index (χ4v) is 3.16. The monoisotopic (exact) mass is 323 g/mol. The molecule has 122 valence electrons. The van der Waals surface area contributed by atoms with Gasteiger partial charge in [0, 0.05) is 5.02 Å². The van der Waals surface area contributed by atoms with E-state index in [1.165, 1.54) is 19.3 Å². The van der Waals surface area contributed by atoms with Crippen molar-refractivity contribution in [1.82, 2.24) is 4.90 Å². The van der Waals surface area contributed by atoms with Crippen molar-refractivity contribution in [2.75, 3.05) is 19.6 Å². The van der Waals surface area contributed by atoms with Crippen molar-refractivity contribution in [3.05, 3.63) is 27.8 Å². The lowest BCUT2D eigenvalue weighted by Gasteiger charge is -2.26. The number of rotatable bonds is 5. The van der Waals surface area contributed by atoms with Gasteiger partial charge >= 0.3 is 0 Å². The van der Waals surface area contributed by atoms with Gasteiger partial charge in [-0.2, -0.15) is 0 Å². The van der Waals surface area contributed by atoms with Crippen LogP contribution in [-0.2, 0) is 0 Å². The number of carbonyl (C=O) groups excluding carboxylic acids is 1. The van der Waals surface area contributed by atoms with E-state index >= 15 is 0 Å². The number of benzene rings is 1. The van der Waals surface area contributed by atoms with E-state index in [-0.39, 0.29) is 11.9 Å². The van der Waals surface area contributed by atoms with Crippen molar-refractivity contribution in [3.63, 3.8) is 0 Å². The zero-order valence-electron chi connectivity index (χ0n) is 14.0. The zero-order valence-corrected chi connectivity index (χ0v) is 14.8. The number of nitrogens with zero attached hydrogens (tertiary/aromatic N) is 1. The molecule has 0 unspecified atom stereocenters. The molecule has 0 aliphatic carbocycles. The Kier molecular flexibility index (Phi) is 5.87. The van der Waals surface area contributed by atoms with Gasteiger partial charge in [0.05, 0.1) is 18.2 Å². The molecule has 22 heavy (non-hydrogen) atoms. The third-order valence-electron chi connectivity index (χ3n) is 4.10. The van der Waals surface area contributed by atoms with Crippen LogP contribution < -0.4 is 4.74 Å². The molecule has 1 aromatic carbocycles. The molecule has 2 rings (SSSR count). The fourth-order valence-electron chi connectivity index (χ4n) is 3.02. The summed E-state index contributed by atoms with van der Waals surface area (Å²) in [6.45, 7) is 10.3. The highest BCUT2D eigenvalue weighted by atomic mass is 35.5. The van der Waals surface area contributed by atoms with Crippen molar-refractivity contribution in [2.24, 2.45) is 0 Å². The van der Waals surface area contributed by atoms with Crippen LogP contribution in [0.25, 0.3) is 0 Å². The van der Waals surface area contributed by atoms with Crippen LogP contribution in [0.5, 0.6) is 5.75 Å². The lowest BCUT2D eigenvalue weighted by atomic mass is 9.99. The molecule has 1 aromatic rings. The molecule has 1 saturated heterocycles. The molecule has 0 spiro atoms. The molecule has 1 aliphatic heterocycles. The maximum Gasteiger partial charge on any atom is 0.180 e. The molecule has 0 atom stereocenters. The van der Waals surface area contributed by atoms with Crippen molar-refractivity contribution in [3.8, 4) is 5.75 Å². The third-order valence-corrected chi connectivity index (χ3v) is 4.68. The summed E-state index contributed by atoms with van der Waals surface area (Å²) in [5.41, 5.74) is 2.43. The molecule has 3 nitrogen and oxygen atoms in total. The van der Waals surface area contributed by atoms with E-state index < -0.39 is 0 Å². The number of piperidine rings is 1. The Morgan fingerprint density at radius 2 is 1.91 bits per heavy atom. The van der Waals surface area contributed by atoms with Crippen LogP contribution in [0, 0.1) is 13.8 Å². The Hall–Kier alpha value is -1.06. The predicted octanol–water partition coefficient (Wildman–Crippen LogP) is 4.41. The first-order valence-corrected chi connectivity index (χ1v) is 8.50. The van der Waals surface area contributed by atoms with Gasteiger partial charge in [0.1, 0.15) is 5.75 Å². The van der Waals surface area contributed by atoms with Gasteiger partial charge in [-0.15, -0.1) is 0 Å². The third kappa shape index (κ3) is 4.02. The zero-order chi connectivity index (χ0) is 16.3. The van der Waals surface area contributed by atoms with Gasteiger partial charge < -0.3 is 4.74 Å². The van der Waals surface area contributed by atoms with Crippen LogP contribution in [0.4, 0.5) is 0 Å². The molecule has 1 fully saturated rings. The highest BCUT2D eigenvalue weighted by Crippen LogP contribution is 2.33. The van der Waals surface area contributed by atoms with Crippen molar-refractivity contribution in [2.45, 2.75) is 53.1 Å². The Balaban J connectivity index is 2.30. The first-order valence-electron chi connectivity index (χ1n) is 8.12. The smallest absolute Gasteiger partial charge is 0.180 e. The maximum atomic E-state index is 12.8. The standard InChI is InChI=1S/C18H26ClNO2/c1-12(2)22-16-10-13(3)18(19)14(4)17(16)15(21)11-20-8-6-5-7-9-20/h10,12H,5-9,11H2,1-4H3. The van der Waals surface area contributed by atoms with Crippen LogP contribution in [0.3, 0.4) is 0 Å². The summed E-state index contributed by atoms with van der Waals surface area (Å²) in [6, 6.07) is 1.89. The lowest BCUT2D eigenvalue weighted by molar-refractivity contribution is 0.0909. The van der Waals surface area contributed by atoms with Crippen LogP contribution in [0.15, 0.2) is 6.07 Å². The highest BCUT2D eigenvalue weighted by molar-refractivity contribution is 6.32. The molecular formula is C18H26ClNO2. The molecule has 4 heteroatoms. The number of likely N-dealkylation sites (tertiary alicyclic amines) is 1. The number of ketones is 1. The molecule has 1 heterocycles. The quantitative estimate of drug-likeness (QED) is 0.752. The van der Waals surface area contributed by atoms with Crippen molar-refractivity contribution >= 4 is 17.4 Å². The summed E-state index contributed by atoms with van der Waals surface area (Å²) in [5, 5.41) is 0.665. The van der Waals surface area contributed by atoms with Gasteiger partial charge in [-0.3, -0.25) is 9.69 Å². The number of aryl methyl sites for hydroxylation is 1. The number of ether oxygens (including phenoxy) is 1. The predicted molar refractivity (Wildman–Crippen MR) is 91.3 cm³/mol. The fraction of sp³-hybridized carbons (Fsp3) is 0.611. The number of Topliss-reactive ketones (excluding diaryl/α,β-unsaturated/α-hetero) is 1. The lowest BCUT2D eigenvalue weighted by Crippen LogP contribution is -2.35. The molecular weight excluding hydrogens is 298 g/mol. The van der Waals surface area contributed by atoms with E-state index in [0.29, 0.717) is 22.9 Å². The van der Waals surface area contributed by atoms with Crippen LogP contribution in [-0.4, -0.2) is 36.4 Å².